The molecule has 0 fully saturated rings. The molecule has 35 heavy (non-hydrogen) atoms. The molecular weight excluding hydrogens is 433 g/mol. The molecule has 0 aliphatic carbocycles. The summed E-state index contributed by atoms with van der Waals surface area (Å²) in [4.78, 5) is 4.57. The van der Waals surface area contributed by atoms with Crippen molar-refractivity contribution in [2.75, 3.05) is 6.61 Å². The van der Waals surface area contributed by atoms with Gasteiger partial charge in [-0.1, -0.05) is 116 Å². The van der Waals surface area contributed by atoms with Crippen LogP contribution in [-0.2, 0) is 6.42 Å². The van der Waals surface area contributed by atoms with Gasteiger partial charge in [-0.15, -0.1) is 0 Å². The lowest BCUT2D eigenvalue weighted by atomic mass is 10.1. The normalized spacial score (nSPS) is 11.2. The van der Waals surface area contributed by atoms with Crippen molar-refractivity contribution in [1.82, 2.24) is 4.98 Å². The van der Waals surface area contributed by atoms with E-state index < -0.39 is 0 Å². The molecule has 0 radical (unpaired) electrons. The van der Waals surface area contributed by atoms with E-state index in [9.17, 15) is 4.39 Å². The Labute approximate surface area is 215 Å². The number of ether oxygens (including phenoxy) is 1. The molecule has 2 nitrogen and oxygen atoms in total. The molecule has 0 saturated carbocycles. The van der Waals surface area contributed by atoms with E-state index in [-0.39, 0.29) is 5.82 Å². The Morgan fingerprint density at radius 1 is 0.657 bits per heavy atom. The lowest BCUT2D eigenvalue weighted by Gasteiger charge is -2.09. The standard InChI is InChI=1S/C32H50FNO/c1-3-5-7-9-10-11-12-13-14-15-17-19-25-35-32-24-22-29(26-30(32)33)31-23-21-28(27-34-31)20-18-16-8-6-4-2/h21-24,26-27H,3-20,25H2,1-2H3. The summed E-state index contributed by atoms with van der Waals surface area (Å²) >= 11 is 0. The molecule has 1 heterocycles. The van der Waals surface area contributed by atoms with Crippen LogP contribution in [0.2, 0.25) is 0 Å². The Kier molecular flexibility index (Phi) is 16.2. The zero-order valence-corrected chi connectivity index (χ0v) is 22.6. The van der Waals surface area contributed by atoms with Gasteiger partial charge in [-0.05, 0) is 49.1 Å². The van der Waals surface area contributed by atoms with Crippen LogP contribution in [0.15, 0.2) is 36.5 Å². The maximum Gasteiger partial charge on any atom is 0.165 e. The molecule has 0 aliphatic rings. The number of benzene rings is 1. The summed E-state index contributed by atoms with van der Waals surface area (Å²) in [5, 5.41) is 0. The van der Waals surface area contributed by atoms with Crippen LogP contribution in [0.1, 0.15) is 129 Å². The van der Waals surface area contributed by atoms with Gasteiger partial charge in [-0.25, -0.2) is 4.39 Å². The molecule has 0 aliphatic heterocycles. The van der Waals surface area contributed by atoms with Crippen LogP contribution >= 0.6 is 0 Å². The molecule has 1 aromatic carbocycles. The van der Waals surface area contributed by atoms with Crippen LogP contribution in [0.25, 0.3) is 11.3 Å². The highest BCUT2D eigenvalue weighted by molar-refractivity contribution is 5.60. The van der Waals surface area contributed by atoms with Crippen molar-refractivity contribution < 1.29 is 9.13 Å². The maximum absolute atomic E-state index is 14.6. The first-order chi connectivity index (χ1) is 17.2. The minimum Gasteiger partial charge on any atom is -0.491 e. The molecule has 2 aromatic rings. The van der Waals surface area contributed by atoms with Gasteiger partial charge in [-0.3, -0.25) is 4.98 Å². The van der Waals surface area contributed by atoms with E-state index >= 15 is 0 Å². The number of unbranched alkanes of at least 4 members (excludes halogenated alkanes) is 15. The number of pyridine rings is 1. The van der Waals surface area contributed by atoms with Gasteiger partial charge in [-0.2, -0.15) is 0 Å². The third-order valence-electron chi connectivity index (χ3n) is 6.88. The quantitative estimate of drug-likeness (QED) is 0.165. The van der Waals surface area contributed by atoms with Crippen molar-refractivity contribution in [3.05, 3.63) is 47.9 Å². The monoisotopic (exact) mass is 483 g/mol. The van der Waals surface area contributed by atoms with Crippen molar-refractivity contribution in [3.63, 3.8) is 0 Å². The largest absolute Gasteiger partial charge is 0.491 e. The summed E-state index contributed by atoms with van der Waals surface area (Å²) in [6.07, 6.45) is 25.1. The van der Waals surface area contributed by atoms with E-state index in [1.165, 1.54) is 102 Å². The van der Waals surface area contributed by atoms with Crippen LogP contribution in [-0.4, -0.2) is 11.6 Å². The zero-order valence-electron chi connectivity index (χ0n) is 22.6. The van der Waals surface area contributed by atoms with Gasteiger partial charge in [0.05, 0.1) is 12.3 Å². The Hall–Kier alpha value is -1.90. The third-order valence-corrected chi connectivity index (χ3v) is 6.88. The van der Waals surface area contributed by atoms with E-state index in [1.807, 2.05) is 18.3 Å². The van der Waals surface area contributed by atoms with Gasteiger partial charge in [0.15, 0.2) is 11.6 Å². The molecule has 3 heteroatoms. The Morgan fingerprint density at radius 3 is 1.77 bits per heavy atom. The van der Waals surface area contributed by atoms with Crippen molar-refractivity contribution in [2.24, 2.45) is 0 Å². The minimum atomic E-state index is -0.303. The minimum absolute atomic E-state index is 0.303. The summed E-state index contributed by atoms with van der Waals surface area (Å²) < 4.78 is 20.3. The number of aromatic nitrogens is 1. The molecule has 1 aromatic heterocycles. The van der Waals surface area contributed by atoms with E-state index in [0.29, 0.717) is 12.4 Å². The number of halogens is 1. The van der Waals surface area contributed by atoms with Gasteiger partial charge < -0.3 is 4.74 Å². The fourth-order valence-corrected chi connectivity index (χ4v) is 4.58. The third kappa shape index (κ3) is 13.1. The first kappa shape index (κ1) is 29.3. The molecule has 0 amide bonds. The van der Waals surface area contributed by atoms with Crippen molar-refractivity contribution in [3.8, 4) is 17.0 Å². The van der Waals surface area contributed by atoms with E-state index in [2.05, 4.69) is 24.9 Å². The van der Waals surface area contributed by atoms with Crippen LogP contribution in [0, 0.1) is 5.82 Å². The molecule has 0 unspecified atom stereocenters. The average Bonchev–Trinajstić information content (AvgIpc) is 2.88. The summed E-state index contributed by atoms with van der Waals surface area (Å²) in [7, 11) is 0. The molecule has 0 N–H and O–H groups in total. The number of nitrogens with zero attached hydrogens (tertiary/aromatic N) is 1. The fourth-order valence-electron chi connectivity index (χ4n) is 4.58. The lowest BCUT2D eigenvalue weighted by molar-refractivity contribution is 0.290. The summed E-state index contributed by atoms with van der Waals surface area (Å²) in [5.41, 5.74) is 2.87. The Balaban J connectivity index is 1.58. The van der Waals surface area contributed by atoms with Gasteiger partial charge in [0.1, 0.15) is 0 Å². The van der Waals surface area contributed by atoms with Crippen LogP contribution in [0.4, 0.5) is 4.39 Å². The van der Waals surface area contributed by atoms with Crippen molar-refractivity contribution in [2.45, 2.75) is 129 Å². The molecule has 0 saturated heterocycles. The SMILES string of the molecule is CCCCCCCCCCCCCCOc1ccc(-c2ccc(CCCCCCC)cn2)cc1F. The van der Waals surface area contributed by atoms with E-state index in [1.54, 1.807) is 12.1 Å². The zero-order chi connectivity index (χ0) is 25.0. The average molecular weight is 484 g/mol. The lowest BCUT2D eigenvalue weighted by Crippen LogP contribution is -1.99. The molecule has 0 bridgehead atoms. The second-order valence-electron chi connectivity index (χ2n) is 10.1. The predicted molar refractivity (Wildman–Crippen MR) is 149 cm³/mol. The van der Waals surface area contributed by atoms with Gasteiger partial charge >= 0.3 is 0 Å². The highest BCUT2D eigenvalue weighted by Gasteiger charge is 2.08. The summed E-state index contributed by atoms with van der Waals surface area (Å²) in [6.45, 7) is 5.09. The number of rotatable bonds is 21. The van der Waals surface area contributed by atoms with Crippen LogP contribution in [0.5, 0.6) is 5.75 Å². The molecule has 2 rings (SSSR count). The molecule has 0 spiro atoms. The van der Waals surface area contributed by atoms with E-state index in [0.717, 1.165) is 30.5 Å². The molecule has 0 atom stereocenters. The second-order valence-corrected chi connectivity index (χ2v) is 10.1. The first-order valence-corrected chi connectivity index (χ1v) is 14.6. The Bertz CT molecular complexity index is 774. The smallest absolute Gasteiger partial charge is 0.165 e. The van der Waals surface area contributed by atoms with Gasteiger partial charge in [0.2, 0.25) is 0 Å². The molecule has 196 valence electrons. The maximum atomic E-state index is 14.6. The number of aryl methyl sites for hydroxylation is 1. The van der Waals surface area contributed by atoms with Gasteiger partial charge in [0.25, 0.3) is 0 Å². The Morgan fingerprint density at radius 2 is 1.23 bits per heavy atom. The fraction of sp³-hybridized carbons (Fsp3) is 0.656. The topological polar surface area (TPSA) is 22.1 Å². The van der Waals surface area contributed by atoms with Gasteiger partial charge in [0, 0.05) is 11.8 Å². The second kappa shape index (κ2) is 19.3. The van der Waals surface area contributed by atoms with E-state index in [4.69, 9.17) is 4.74 Å². The van der Waals surface area contributed by atoms with Crippen LogP contribution in [0.3, 0.4) is 0 Å². The molecular formula is C32H50FNO. The number of hydrogen-bond donors (Lipinski definition) is 0. The van der Waals surface area contributed by atoms with Crippen LogP contribution < -0.4 is 4.74 Å². The highest BCUT2D eigenvalue weighted by Crippen LogP contribution is 2.25. The summed E-state index contributed by atoms with van der Waals surface area (Å²) in [5.74, 6) is 0.0451. The van der Waals surface area contributed by atoms with Crippen molar-refractivity contribution in [1.29, 1.82) is 0 Å². The first-order valence-electron chi connectivity index (χ1n) is 14.6. The highest BCUT2D eigenvalue weighted by atomic mass is 19.1. The predicted octanol–water partition coefficient (Wildman–Crippen LogP) is 10.5. The summed E-state index contributed by atoms with van der Waals surface area (Å²) in [6, 6.07) is 9.33. The number of hydrogen-bond acceptors (Lipinski definition) is 2. The van der Waals surface area contributed by atoms with Crippen molar-refractivity contribution >= 4 is 0 Å².